The SMILES string of the molecule is CNC(C)CCN1CCN(C(C)(C)C)CC1. The fourth-order valence-corrected chi connectivity index (χ4v) is 2.16. The van der Waals surface area contributed by atoms with Crippen LogP contribution >= 0.6 is 0 Å². The lowest BCUT2D eigenvalue weighted by Crippen LogP contribution is -2.53. The van der Waals surface area contributed by atoms with Crippen molar-refractivity contribution in [3.63, 3.8) is 0 Å². The maximum Gasteiger partial charge on any atom is 0.0126 e. The first-order valence-electron chi connectivity index (χ1n) is 6.58. The Morgan fingerprint density at radius 1 is 1.12 bits per heavy atom. The van der Waals surface area contributed by atoms with E-state index in [9.17, 15) is 0 Å². The van der Waals surface area contributed by atoms with Crippen molar-refractivity contribution in [2.45, 2.75) is 45.7 Å². The molecule has 96 valence electrons. The molecule has 1 aliphatic heterocycles. The minimum Gasteiger partial charge on any atom is -0.317 e. The molecule has 0 aliphatic carbocycles. The van der Waals surface area contributed by atoms with Gasteiger partial charge in [0.05, 0.1) is 0 Å². The van der Waals surface area contributed by atoms with E-state index in [0.717, 1.165) is 0 Å². The van der Waals surface area contributed by atoms with E-state index in [2.05, 4.69) is 42.8 Å². The maximum absolute atomic E-state index is 3.30. The number of rotatable bonds is 4. The van der Waals surface area contributed by atoms with Crippen molar-refractivity contribution in [1.82, 2.24) is 15.1 Å². The number of hydrogen-bond donors (Lipinski definition) is 1. The number of piperazine rings is 1. The molecule has 1 aliphatic rings. The summed E-state index contributed by atoms with van der Waals surface area (Å²) in [6.07, 6.45) is 1.26. The smallest absolute Gasteiger partial charge is 0.0126 e. The third kappa shape index (κ3) is 4.40. The molecule has 0 saturated carbocycles. The van der Waals surface area contributed by atoms with Gasteiger partial charge >= 0.3 is 0 Å². The molecule has 1 fully saturated rings. The van der Waals surface area contributed by atoms with Gasteiger partial charge in [-0.3, -0.25) is 4.90 Å². The Hall–Kier alpha value is -0.120. The predicted molar refractivity (Wildman–Crippen MR) is 70.9 cm³/mol. The molecule has 0 aromatic rings. The van der Waals surface area contributed by atoms with Crippen molar-refractivity contribution in [3.05, 3.63) is 0 Å². The van der Waals surface area contributed by atoms with Gasteiger partial charge in [-0.05, 0) is 47.7 Å². The predicted octanol–water partition coefficient (Wildman–Crippen LogP) is 1.40. The van der Waals surface area contributed by atoms with Crippen LogP contribution in [0.4, 0.5) is 0 Å². The van der Waals surface area contributed by atoms with Crippen LogP contribution in [0.1, 0.15) is 34.1 Å². The minimum absolute atomic E-state index is 0.338. The minimum atomic E-state index is 0.338. The molecule has 1 heterocycles. The van der Waals surface area contributed by atoms with Crippen molar-refractivity contribution in [2.24, 2.45) is 0 Å². The summed E-state index contributed by atoms with van der Waals surface area (Å²) in [5.74, 6) is 0. The molecule has 1 N–H and O–H groups in total. The van der Waals surface area contributed by atoms with Crippen LogP contribution < -0.4 is 5.32 Å². The molecule has 1 saturated heterocycles. The number of hydrogen-bond acceptors (Lipinski definition) is 3. The maximum atomic E-state index is 3.30. The van der Waals surface area contributed by atoms with Gasteiger partial charge in [0.15, 0.2) is 0 Å². The Bertz CT molecular complexity index is 190. The van der Waals surface area contributed by atoms with Crippen LogP contribution in [0, 0.1) is 0 Å². The van der Waals surface area contributed by atoms with Crippen LogP contribution in [-0.4, -0.2) is 61.2 Å². The summed E-state index contributed by atoms with van der Waals surface area (Å²) in [7, 11) is 2.04. The molecule has 0 bridgehead atoms. The Kier molecular flexibility index (Phi) is 5.22. The third-order valence-corrected chi connectivity index (χ3v) is 3.69. The molecule has 0 amide bonds. The van der Waals surface area contributed by atoms with E-state index in [1.807, 2.05) is 7.05 Å². The summed E-state index contributed by atoms with van der Waals surface area (Å²) in [5.41, 5.74) is 0.338. The average Bonchev–Trinajstić information content (AvgIpc) is 2.25. The van der Waals surface area contributed by atoms with Crippen LogP contribution in [0.15, 0.2) is 0 Å². The van der Waals surface area contributed by atoms with Crippen LogP contribution in [0.25, 0.3) is 0 Å². The van der Waals surface area contributed by atoms with Crippen LogP contribution in [0.2, 0.25) is 0 Å². The first kappa shape index (κ1) is 13.9. The van der Waals surface area contributed by atoms with Crippen molar-refractivity contribution in [2.75, 3.05) is 39.8 Å². The van der Waals surface area contributed by atoms with Crippen LogP contribution in [-0.2, 0) is 0 Å². The van der Waals surface area contributed by atoms with E-state index in [0.29, 0.717) is 11.6 Å². The highest BCUT2D eigenvalue weighted by Gasteiger charge is 2.25. The lowest BCUT2D eigenvalue weighted by atomic mass is 10.0. The zero-order valence-electron chi connectivity index (χ0n) is 11.7. The fraction of sp³-hybridized carbons (Fsp3) is 1.00. The topological polar surface area (TPSA) is 18.5 Å². The van der Waals surface area contributed by atoms with Crippen molar-refractivity contribution >= 4 is 0 Å². The summed E-state index contributed by atoms with van der Waals surface area (Å²) in [4.78, 5) is 5.18. The molecule has 1 rings (SSSR count). The van der Waals surface area contributed by atoms with Gasteiger partial charge in [0, 0.05) is 37.8 Å². The van der Waals surface area contributed by atoms with E-state index in [-0.39, 0.29) is 0 Å². The van der Waals surface area contributed by atoms with Gasteiger partial charge < -0.3 is 10.2 Å². The summed E-state index contributed by atoms with van der Waals surface area (Å²) < 4.78 is 0. The Morgan fingerprint density at radius 2 is 1.69 bits per heavy atom. The monoisotopic (exact) mass is 227 g/mol. The zero-order chi connectivity index (χ0) is 12.2. The molecule has 0 spiro atoms. The Morgan fingerprint density at radius 3 is 2.12 bits per heavy atom. The third-order valence-electron chi connectivity index (χ3n) is 3.69. The van der Waals surface area contributed by atoms with E-state index in [1.54, 1.807) is 0 Å². The van der Waals surface area contributed by atoms with Gasteiger partial charge in [-0.2, -0.15) is 0 Å². The van der Waals surface area contributed by atoms with Gasteiger partial charge in [-0.15, -0.1) is 0 Å². The fourth-order valence-electron chi connectivity index (χ4n) is 2.16. The van der Waals surface area contributed by atoms with Gasteiger partial charge in [-0.1, -0.05) is 0 Å². The second-order valence-electron chi connectivity index (χ2n) is 5.98. The second-order valence-corrected chi connectivity index (χ2v) is 5.98. The number of nitrogens with one attached hydrogen (secondary N) is 1. The van der Waals surface area contributed by atoms with E-state index in [1.165, 1.54) is 39.1 Å². The molecule has 3 heteroatoms. The molecular formula is C13H29N3. The molecule has 1 unspecified atom stereocenters. The van der Waals surface area contributed by atoms with E-state index < -0.39 is 0 Å². The molecule has 1 atom stereocenters. The van der Waals surface area contributed by atoms with E-state index >= 15 is 0 Å². The summed E-state index contributed by atoms with van der Waals surface area (Å²) in [6.45, 7) is 15.3. The summed E-state index contributed by atoms with van der Waals surface area (Å²) in [6, 6.07) is 0.639. The molecule has 16 heavy (non-hydrogen) atoms. The first-order chi connectivity index (χ1) is 7.43. The van der Waals surface area contributed by atoms with Crippen molar-refractivity contribution < 1.29 is 0 Å². The lowest BCUT2D eigenvalue weighted by Gasteiger charge is -2.42. The average molecular weight is 227 g/mol. The molecule has 0 aromatic carbocycles. The van der Waals surface area contributed by atoms with Crippen molar-refractivity contribution in [3.8, 4) is 0 Å². The van der Waals surface area contributed by atoms with Gasteiger partial charge in [0.1, 0.15) is 0 Å². The summed E-state index contributed by atoms with van der Waals surface area (Å²) >= 11 is 0. The molecule has 0 aromatic heterocycles. The lowest BCUT2D eigenvalue weighted by molar-refractivity contribution is 0.0609. The number of nitrogens with zero attached hydrogens (tertiary/aromatic N) is 2. The highest BCUT2D eigenvalue weighted by atomic mass is 15.3. The molecule has 0 radical (unpaired) electrons. The molecular weight excluding hydrogens is 198 g/mol. The standard InChI is InChI=1S/C13H29N3/c1-12(14-5)6-7-15-8-10-16(11-9-15)13(2,3)4/h12,14H,6-11H2,1-5H3. The van der Waals surface area contributed by atoms with Gasteiger partial charge in [0.25, 0.3) is 0 Å². The van der Waals surface area contributed by atoms with Crippen molar-refractivity contribution in [1.29, 1.82) is 0 Å². The first-order valence-corrected chi connectivity index (χ1v) is 6.58. The summed E-state index contributed by atoms with van der Waals surface area (Å²) in [5, 5.41) is 3.30. The molecule has 3 nitrogen and oxygen atoms in total. The normalized spacial score (nSPS) is 22.3. The second kappa shape index (κ2) is 5.99. The highest BCUT2D eigenvalue weighted by molar-refractivity contribution is 4.82. The van der Waals surface area contributed by atoms with Crippen LogP contribution in [0.3, 0.4) is 0 Å². The quantitative estimate of drug-likeness (QED) is 0.783. The van der Waals surface area contributed by atoms with Crippen LogP contribution in [0.5, 0.6) is 0 Å². The Balaban J connectivity index is 2.22. The van der Waals surface area contributed by atoms with Gasteiger partial charge in [0.2, 0.25) is 0 Å². The van der Waals surface area contributed by atoms with Gasteiger partial charge in [-0.25, -0.2) is 0 Å². The zero-order valence-corrected chi connectivity index (χ0v) is 11.7. The Labute approximate surface area is 101 Å². The highest BCUT2D eigenvalue weighted by Crippen LogP contribution is 2.15. The van der Waals surface area contributed by atoms with E-state index in [4.69, 9.17) is 0 Å². The largest absolute Gasteiger partial charge is 0.317 e.